The van der Waals surface area contributed by atoms with Crippen LogP contribution in [0.25, 0.3) is 0 Å². The number of rotatable bonds is 13. The van der Waals surface area contributed by atoms with Gasteiger partial charge in [0.2, 0.25) is 0 Å². The summed E-state index contributed by atoms with van der Waals surface area (Å²) in [6, 6.07) is 0. The Balaban J connectivity index is 0. The van der Waals surface area contributed by atoms with E-state index in [-0.39, 0.29) is 29.6 Å². The monoisotopic (exact) mass is 314 g/mol. The summed E-state index contributed by atoms with van der Waals surface area (Å²) in [7, 11) is -1.74. The summed E-state index contributed by atoms with van der Waals surface area (Å²) >= 11 is 0. The third kappa shape index (κ3) is 19.2. The van der Waals surface area contributed by atoms with Gasteiger partial charge in [-0.3, -0.25) is 4.57 Å². The van der Waals surface area contributed by atoms with Crippen LogP contribution in [0, 0.1) is 11.8 Å². The SMILES string of the molecule is CC(C)CCCCCO[PH](=O)CCCCCC(C)C.[NaH]. The van der Waals surface area contributed by atoms with Crippen molar-refractivity contribution < 1.29 is 9.09 Å². The Morgan fingerprint density at radius 1 is 0.800 bits per heavy atom. The molecule has 0 N–H and O–H groups in total. The molecular weight excluding hydrogens is 278 g/mol. The van der Waals surface area contributed by atoms with E-state index in [1.54, 1.807) is 0 Å². The molecule has 0 aromatic carbocycles. The third-order valence-electron chi connectivity index (χ3n) is 3.35. The summed E-state index contributed by atoms with van der Waals surface area (Å²) in [5.41, 5.74) is 0. The summed E-state index contributed by atoms with van der Waals surface area (Å²) in [4.78, 5) is 0. The van der Waals surface area contributed by atoms with Gasteiger partial charge in [-0.25, -0.2) is 0 Å². The summed E-state index contributed by atoms with van der Waals surface area (Å²) in [5.74, 6) is 1.59. The van der Waals surface area contributed by atoms with Gasteiger partial charge >= 0.3 is 29.6 Å². The summed E-state index contributed by atoms with van der Waals surface area (Å²) < 4.78 is 17.1. The Kier molecular flexibility index (Phi) is 19.4. The van der Waals surface area contributed by atoms with E-state index in [4.69, 9.17) is 4.52 Å². The van der Waals surface area contributed by atoms with E-state index in [2.05, 4.69) is 27.7 Å². The fraction of sp³-hybridized carbons (Fsp3) is 1.00. The fourth-order valence-corrected chi connectivity index (χ4v) is 3.14. The van der Waals surface area contributed by atoms with Crippen LogP contribution < -0.4 is 0 Å². The average Bonchev–Trinajstić information content (AvgIpc) is 2.32. The molecule has 0 saturated heterocycles. The van der Waals surface area contributed by atoms with E-state index in [0.29, 0.717) is 6.61 Å². The minimum atomic E-state index is -1.74. The fourth-order valence-electron chi connectivity index (χ4n) is 2.09. The number of hydrogen-bond acceptors (Lipinski definition) is 2. The van der Waals surface area contributed by atoms with Crippen LogP contribution in [-0.2, 0) is 9.09 Å². The molecule has 0 aliphatic carbocycles. The molecule has 0 spiro atoms. The first-order chi connectivity index (χ1) is 9.02. The molecule has 118 valence electrons. The Morgan fingerprint density at radius 3 is 1.80 bits per heavy atom. The standard InChI is InChI=1S/C16H35O2P.Na.H/c1-15(2)11-7-5-9-13-18-19(17)14-10-6-8-12-16(3)4;;/h15-16,19H,5-14H2,1-4H3;;. The molecule has 0 heterocycles. The van der Waals surface area contributed by atoms with Crippen molar-refractivity contribution in [2.45, 2.75) is 79.1 Å². The zero-order chi connectivity index (χ0) is 14.5. The van der Waals surface area contributed by atoms with Crippen LogP contribution in [0.4, 0.5) is 0 Å². The Hall–Kier alpha value is 1.19. The summed E-state index contributed by atoms with van der Waals surface area (Å²) in [6.07, 6.45) is 10.5. The van der Waals surface area contributed by atoms with Crippen molar-refractivity contribution in [1.82, 2.24) is 0 Å². The van der Waals surface area contributed by atoms with Crippen molar-refractivity contribution >= 4 is 37.6 Å². The number of unbranched alkanes of at least 4 members (excludes halogenated alkanes) is 4. The van der Waals surface area contributed by atoms with Crippen molar-refractivity contribution in [3.63, 3.8) is 0 Å². The van der Waals surface area contributed by atoms with Crippen LogP contribution in [0.5, 0.6) is 0 Å². The van der Waals surface area contributed by atoms with Crippen molar-refractivity contribution in [2.24, 2.45) is 11.8 Å². The summed E-state index contributed by atoms with van der Waals surface area (Å²) in [5, 5.41) is 0. The van der Waals surface area contributed by atoms with Gasteiger partial charge in [-0.2, -0.15) is 0 Å². The Morgan fingerprint density at radius 2 is 1.30 bits per heavy atom. The Bertz CT molecular complexity index is 221. The maximum absolute atomic E-state index is 11.6. The van der Waals surface area contributed by atoms with E-state index < -0.39 is 8.03 Å². The van der Waals surface area contributed by atoms with Crippen LogP contribution in [0.2, 0.25) is 0 Å². The van der Waals surface area contributed by atoms with Gasteiger partial charge in [-0.15, -0.1) is 0 Å². The van der Waals surface area contributed by atoms with Crippen molar-refractivity contribution in [3.05, 3.63) is 0 Å². The third-order valence-corrected chi connectivity index (χ3v) is 4.64. The van der Waals surface area contributed by atoms with E-state index >= 15 is 0 Å². The molecule has 0 aromatic rings. The molecule has 0 fully saturated rings. The van der Waals surface area contributed by atoms with Crippen LogP contribution in [0.1, 0.15) is 79.1 Å². The molecule has 0 aliphatic heterocycles. The molecular formula is C16H36NaO2P. The molecule has 0 rings (SSSR count). The molecule has 0 amide bonds. The second-order valence-corrected chi connectivity index (χ2v) is 7.99. The molecule has 1 atom stereocenters. The second-order valence-electron chi connectivity index (χ2n) is 6.46. The van der Waals surface area contributed by atoms with E-state index in [9.17, 15) is 4.57 Å². The van der Waals surface area contributed by atoms with Gasteiger partial charge in [-0.05, 0) is 24.7 Å². The van der Waals surface area contributed by atoms with Gasteiger partial charge in [0, 0.05) is 6.16 Å². The first-order valence-electron chi connectivity index (χ1n) is 8.18. The van der Waals surface area contributed by atoms with Crippen LogP contribution in [-0.4, -0.2) is 42.3 Å². The van der Waals surface area contributed by atoms with Crippen LogP contribution in [0.3, 0.4) is 0 Å². The molecule has 0 aliphatic rings. The van der Waals surface area contributed by atoms with E-state index in [1.165, 1.54) is 38.5 Å². The molecule has 0 saturated carbocycles. The predicted molar refractivity (Wildman–Crippen MR) is 93.6 cm³/mol. The second kappa shape index (κ2) is 16.6. The quantitative estimate of drug-likeness (QED) is 0.263. The van der Waals surface area contributed by atoms with Gasteiger partial charge in [0.15, 0.2) is 8.03 Å². The molecule has 20 heavy (non-hydrogen) atoms. The molecule has 0 radical (unpaired) electrons. The molecule has 0 aromatic heterocycles. The van der Waals surface area contributed by atoms with Crippen molar-refractivity contribution in [2.75, 3.05) is 12.8 Å². The molecule has 0 bridgehead atoms. The first-order valence-corrected chi connectivity index (χ1v) is 9.70. The topological polar surface area (TPSA) is 26.3 Å². The Labute approximate surface area is 150 Å². The molecule has 1 unspecified atom stereocenters. The summed E-state index contributed by atoms with van der Waals surface area (Å²) in [6.45, 7) is 9.72. The maximum atomic E-state index is 11.6. The van der Waals surface area contributed by atoms with Crippen LogP contribution >= 0.6 is 8.03 Å². The first kappa shape index (κ1) is 23.5. The number of hydrogen-bond donors (Lipinski definition) is 0. The van der Waals surface area contributed by atoms with E-state index in [1.807, 2.05) is 0 Å². The molecule has 2 nitrogen and oxygen atoms in total. The predicted octanol–water partition coefficient (Wildman–Crippen LogP) is 5.26. The van der Waals surface area contributed by atoms with E-state index in [0.717, 1.165) is 30.8 Å². The van der Waals surface area contributed by atoms with Gasteiger partial charge in [0.25, 0.3) is 0 Å². The van der Waals surface area contributed by atoms with Crippen molar-refractivity contribution in [1.29, 1.82) is 0 Å². The normalized spacial score (nSPS) is 12.7. The molecule has 4 heteroatoms. The van der Waals surface area contributed by atoms with Crippen LogP contribution in [0.15, 0.2) is 0 Å². The minimum absolute atomic E-state index is 0. The van der Waals surface area contributed by atoms with Gasteiger partial charge in [0.05, 0.1) is 6.61 Å². The van der Waals surface area contributed by atoms with Gasteiger partial charge < -0.3 is 4.52 Å². The van der Waals surface area contributed by atoms with Crippen molar-refractivity contribution in [3.8, 4) is 0 Å². The van der Waals surface area contributed by atoms with Gasteiger partial charge in [-0.1, -0.05) is 66.2 Å². The zero-order valence-corrected chi connectivity index (χ0v) is 14.5. The van der Waals surface area contributed by atoms with Gasteiger partial charge in [0.1, 0.15) is 0 Å². The average molecular weight is 314 g/mol. The zero-order valence-electron chi connectivity index (χ0n) is 13.5.